The summed E-state index contributed by atoms with van der Waals surface area (Å²) in [7, 11) is -3.49. The fourth-order valence-electron chi connectivity index (χ4n) is 3.15. The third-order valence-corrected chi connectivity index (χ3v) is 6.21. The number of benzene rings is 2. The molecule has 0 aromatic heterocycles. The summed E-state index contributed by atoms with van der Waals surface area (Å²) in [5, 5.41) is 3.72. The van der Waals surface area contributed by atoms with Gasteiger partial charge < -0.3 is 0 Å². The van der Waals surface area contributed by atoms with Crippen molar-refractivity contribution < 1.29 is 26.0 Å². The molecular formula is C28H32F4N2O2S. The molecule has 0 aliphatic carbocycles. The predicted molar refractivity (Wildman–Crippen MR) is 144 cm³/mol. The van der Waals surface area contributed by atoms with Crippen molar-refractivity contribution in [1.82, 2.24) is 5.43 Å². The summed E-state index contributed by atoms with van der Waals surface area (Å²) in [6.07, 6.45) is 0.843. The number of hydrazone groups is 1. The second-order valence-corrected chi connectivity index (χ2v) is 9.69. The van der Waals surface area contributed by atoms with E-state index in [2.05, 4.69) is 17.1 Å². The van der Waals surface area contributed by atoms with Crippen molar-refractivity contribution in [3.05, 3.63) is 102 Å². The largest absolute Gasteiger partial charge is 0.435 e. The summed E-state index contributed by atoms with van der Waals surface area (Å²) in [5.74, 6) is -0.605. The number of allylic oxidation sites excluding steroid dienone is 6. The van der Waals surface area contributed by atoms with Gasteiger partial charge in [0.2, 0.25) is 0 Å². The maximum atomic E-state index is 14.3. The molecule has 0 aliphatic rings. The molecule has 9 heteroatoms. The fraction of sp³-hybridized carbons (Fsp3) is 0.250. The average molecular weight is 537 g/mol. The molecule has 0 heterocycles. The quantitative estimate of drug-likeness (QED) is 0.123. The molecule has 0 bridgehead atoms. The Morgan fingerprint density at radius 1 is 0.973 bits per heavy atom. The lowest BCUT2D eigenvalue weighted by atomic mass is 9.92. The Balaban J connectivity index is 0.00000334. The molecule has 0 radical (unpaired) electrons. The number of nitrogens with zero attached hydrogens (tertiary/aromatic N) is 1. The zero-order valence-electron chi connectivity index (χ0n) is 21.7. The zero-order chi connectivity index (χ0) is 28.4. The van der Waals surface area contributed by atoms with E-state index in [1.54, 1.807) is 26.0 Å². The second kappa shape index (κ2) is 13.7. The highest BCUT2D eigenvalue weighted by Gasteiger charge is 2.40. The standard InChI is InChI=1S/C26H26F4N2O2S.C2H6/c1-6-8-23(17(3)7-2)31-32-25(26(28,29)30)24(20-9-13-21(27)14-10-20)18(4)19-11-15-22(16-12-19)35(5,33)34;1-2/h6-16,31H,2H2,1,3-5H3;1-2H3/b8-6-,23-17+,24-18+,32-25+;. The first-order valence-corrected chi connectivity index (χ1v) is 13.3. The molecule has 2 aromatic carbocycles. The number of halogens is 4. The number of hydrogen-bond acceptors (Lipinski definition) is 4. The Hall–Kier alpha value is -3.46. The van der Waals surface area contributed by atoms with Crippen LogP contribution < -0.4 is 5.43 Å². The van der Waals surface area contributed by atoms with Crippen LogP contribution in [-0.2, 0) is 9.84 Å². The van der Waals surface area contributed by atoms with Crippen LogP contribution in [0.15, 0.2) is 94.6 Å². The number of rotatable bonds is 8. The zero-order valence-corrected chi connectivity index (χ0v) is 22.6. The molecule has 0 spiro atoms. The number of nitrogens with one attached hydrogen (secondary N) is 1. The molecule has 0 atom stereocenters. The minimum absolute atomic E-state index is 0.0322. The molecule has 0 amide bonds. The smallest absolute Gasteiger partial charge is 0.278 e. The van der Waals surface area contributed by atoms with Crippen LogP contribution in [0, 0.1) is 5.82 Å². The highest BCUT2D eigenvalue weighted by atomic mass is 32.2. The van der Waals surface area contributed by atoms with Crippen molar-refractivity contribution in [2.45, 2.75) is 45.7 Å². The topological polar surface area (TPSA) is 58.5 Å². The first-order valence-electron chi connectivity index (χ1n) is 11.4. The molecule has 200 valence electrons. The molecule has 0 aliphatic heterocycles. The third-order valence-electron chi connectivity index (χ3n) is 5.08. The van der Waals surface area contributed by atoms with E-state index < -0.39 is 27.5 Å². The van der Waals surface area contributed by atoms with Gasteiger partial charge in [-0.1, -0.05) is 56.8 Å². The van der Waals surface area contributed by atoms with E-state index in [0.29, 0.717) is 16.8 Å². The minimum Gasteiger partial charge on any atom is -0.278 e. The summed E-state index contributed by atoms with van der Waals surface area (Å²) >= 11 is 0. The maximum absolute atomic E-state index is 14.3. The molecule has 2 aromatic rings. The number of alkyl halides is 3. The SMILES string of the molecule is C=C/C(C)=C(\C=C/C)N/N=C(\C(=C(/C)c1ccc(S(C)(=O)=O)cc1)c1ccc(F)cc1)C(F)(F)F.CC. The van der Waals surface area contributed by atoms with Gasteiger partial charge in [0.1, 0.15) is 5.82 Å². The van der Waals surface area contributed by atoms with Crippen molar-refractivity contribution in [3.8, 4) is 0 Å². The highest BCUT2D eigenvalue weighted by molar-refractivity contribution is 7.90. The Bertz CT molecular complexity index is 1300. The van der Waals surface area contributed by atoms with Gasteiger partial charge in [-0.2, -0.15) is 18.3 Å². The van der Waals surface area contributed by atoms with Crippen molar-refractivity contribution >= 4 is 26.7 Å². The Morgan fingerprint density at radius 2 is 1.49 bits per heavy atom. The van der Waals surface area contributed by atoms with Gasteiger partial charge in [-0.3, -0.25) is 5.43 Å². The molecule has 0 saturated carbocycles. The first kappa shape index (κ1) is 31.6. The Kier molecular flexibility index (Phi) is 11.7. The van der Waals surface area contributed by atoms with Crippen LogP contribution in [0.2, 0.25) is 0 Å². The lowest BCUT2D eigenvalue weighted by molar-refractivity contribution is -0.0575. The maximum Gasteiger partial charge on any atom is 0.435 e. The Morgan fingerprint density at radius 3 is 1.92 bits per heavy atom. The minimum atomic E-state index is -4.88. The lowest BCUT2D eigenvalue weighted by Crippen LogP contribution is -2.28. The van der Waals surface area contributed by atoms with E-state index in [1.165, 1.54) is 49.4 Å². The van der Waals surface area contributed by atoms with E-state index in [-0.39, 0.29) is 21.6 Å². The normalized spacial score (nSPS) is 13.8. The van der Waals surface area contributed by atoms with E-state index in [9.17, 15) is 26.0 Å². The van der Waals surface area contributed by atoms with Gasteiger partial charge in [0, 0.05) is 11.8 Å². The molecule has 4 nitrogen and oxygen atoms in total. The predicted octanol–water partition coefficient (Wildman–Crippen LogP) is 7.73. The van der Waals surface area contributed by atoms with Crippen LogP contribution in [0.1, 0.15) is 45.7 Å². The van der Waals surface area contributed by atoms with Crippen LogP contribution >= 0.6 is 0 Å². The first-order chi connectivity index (χ1) is 17.3. The highest BCUT2D eigenvalue weighted by Crippen LogP contribution is 2.34. The van der Waals surface area contributed by atoms with Crippen LogP contribution in [0.5, 0.6) is 0 Å². The van der Waals surface area contributed by atoms with Crippen LogP contribution in [-0.4, -0.2) is 26.6 Å². The summed E-state index contributed by atoms with van der Waals surface area (Å²) in [4.78, 5) is 0.0322. The van der Waals surface area contributed by atoms with Crippen molar-refractivity contribution in [1.29, 1.82) is 0 Å². The third kappa shape index (κ3) is 8.86. The molecule has 37 heavy (non-hydrogen) atoms. The van der Waals surface area contributed by atoms with Crippen LogP contribution in [0.25, 0.3) is 11.1 Å². The van der Waals surface area contributed by atoms with Gasteiger partial charge in [0.15, 0.2) is 15.5 Å². The van der Waals surface area contributed by atoms with Crippen molar-refractivity contribution in [3.63, 3.8) is 0 Å². The van der Waals surface area contributed by atoms with Crippen LogP contribution in [0.4, 0.5) is 17.6 Å². The number of sulfone groups is 1. The van der Waals surface area contributed by atoms with E-state index in [1.807, 2.05) is 13.8 Å². The summed E-state index contributed by atoms with van der Waals surface area (Å²) in [6, 6.07) is 10.1. The van der Waals surface area contributed by atoms with E-state index >= 15 is 0 Å². The summed E-state index contributed by atoms with van der Waals surface area (Å²) < 4.78 is 80.2. The van der Waals surface area contributed by atoms with Gasteiger partial charge in [0.05, 0.1) is 10.6 Å². The summed E-state index contributed by atoms with van der Waals surface area (Å²) in [6.45, 7) is 12.5. The summed E-state index contributed by atoms with van der Waals surface area (Å²) in [5.41, 5.74) is 2.47. The average Bonchev–Trinajstić information content (AvgIpc) is 2.85. The van der Waals surface area contributed by atoms with E-state index in [4.69, 9.17) is 0 Å². The van der Waals surface area contributed by atoms with Gasteiger partial charge in [-0.15, -0.1) is 0 Å². The van der Waals surface area contributed by atoms with Gasteiger partial charge in [-0.25, -0.2) is 12.8 Å². The molecule has 2 rings (SSSR count). The molecule has 0 saturated heterocycles. The molecule has 1 N–H and O–H groups in total. The van der Waals surface area contributed by atoms with Crippen molar-refractivity contribution in [2.75, 3.05) is 6.26 Å². The van der Waals surface area contributed by atoms with Crippen LogP contribution in [0.3, 0.4) is 0 Å². The Labute approximate surface area is 216 Å². The van der Waals surface area contributed by atoms with Gasteiger partial charge in [-0.05, 0) is 73.4 Å². The molecule has 0 fully saturated rings. The van der Waals surface area contributed by atoms with E-state index in [0.717, 1.165) is 18.4 Å². The van der Waals surface area contributed by atoms with Crippen molar-refractivity contribution in [2.24, 2.45) is 5.10 Å². The lowest BCUT2D eigenvalue weighted by Gasteiger charge is -2.19. The monoisotopic (exact) mass is 536 g/mol. The number of hydrogen-bond donors (Lipinski definition) is 1. The molecule has 0 unspecified atom stereocenters. The van der Waals surface area contributed by atoms with Gasteiger partial charge in [0.25, 0.3) is 0 Å². The molecular weight excluding hydrogens is 504 g/mol. The van der Waals surface area contributed by atoms with Gasteiger partial charge >= 0.3 is 6.18 Å². The second-order valence-electron chi connectivity index (χ2n) is 7.67. The fourth-order valence-corrected chi connectivity index (χ4v) is 3.78.